The van der Waals surface area contributed by atoms with Crippen molar-refractivity contribution in [3.63, 3.8) is 0 Å². The zero-order valence-corrected chi connectivity index (χ0v) is 17.0. The molecule has 0 radical (unpaired) electrons. The molecular formula is C23H19FN2O3S. The van der Waals surface area contributed by atoms with Crippen molar-refractivity contribution in [2.45, 2.75) is 23.4 Å². The molecule has 0 spiro atoms. The van der Waals surface area contributed by atoms with Crippen LogP contribution in [-0.2, 0) is 16.4 Å². The third-order valence-electron chi connectivity index (χ3n) is 4.57. The molecule has 0 aliphatic rings. The number of oxazole rings is 1. The van der Waals surface area contributed by atoms with Gasteiger partial charge in [0.25, 0.3) is 0 Å². The maximum Gasteiger partial charge on any atom is 0.234 e. The Kier molecular flexibility index (Phi) is 5.37. The highest BCUT2D eigenvalue weighted by molar-refractivity contribution is 7.91. The zero-order chi connectivity index (χ0) is 21.1. The van der Waals surface area contributed by atoms with Crippen LogP contribution >= 0.6 is 0 Å². The summed E-state index contributed by atoms with van der Waals surface area (Å²) in [5, 5.41) is 2.65. The van der Waals surface area contributed by atoms with E-state index in [1.165, 1.54) is 18.2 Å². The van der Waals surface area contributed by atoms with Crippen molar-refractivity contribution in [1.82, 2.24) is 4.98 Å². The van der Waals surface area contributed by atoms with Gasteiger partial charge in [-0.1, -0.05) is 60.2 Å². The van der Waals surface area contributed by atoms with Crippen LogP contribution in [0.4, 0.5) is 10.3 Å². The molecule has 3 aromatic carbocycles. The number of rotatable bonds is 6. The second-order valence-electron chi connectivity index (χ2n) is 6.79. The smallest absolute Gasteiger partial charge is 0.234 e. The molecule has 152 valence electrons. The van der Waals surface area contributed by atoms with Gasteiger partial charge in [-0.25, -0.2) is 12.8 Å². The summed E-state index contributed by atoms with van der Waals surface area (Å²) in [6.45, 7) is 2.27. The van der Waals surface area contributed by atoms with Crippen LogP contribution in [0.3, 0.4) is 0 Å². The Morgan fingerprint density at radius 3 is 2.30 bits per heavy atom. The first-order valence-corrected chi connectivity index (χ1v) is 10.8. The van der Waals surface area contributed by atoms with E-state index in [4.69, 9.17) is 4.42 Å². The van der Waals surface area contributed by atoms with Gasteiger partial charge in [-0.2, -0.15) is 4.98 Å². The van der Waals surface area contributed by atoms with Crippen LogP contribution in [0.2, 0.25) is 0 Å². The van der Waals surface area contributed by atoms with Crippen molar-refractivity contribution in [2.75, 3.05) is 5.32 Å². The Bertz CT molecular complexity index is 1270. The van der Waals surface area contributed by atoms with E-state index in [-0.39, 0.29) is 16.8 Å². The Morgan fingerprint density at radius 2 is 1.60 bits per heavy atom. The van der Waals surface area contributed by atoms with Crippen molar-refractivity contribution in [2.24, 2.45) is 0 Å². The summed E-state index contributed by atoms with van der Waals surface area (Å²) >= 11 is 0. The highest BCUT2D eigenvalue weighted by atomic mass is 32.2. The maximum atomic E-state index is 14.3. The molecule has 0 atom stereocenters. The third kappa shape index (κ3) is 3.97. The number of aryl methyl sites for hydroxylation is 1. The monoisotopic (exact) mass is 422 g/mol. The number of aromatic nitrogens is 1. The van der Waals surface area contributed by atoms with Gasteiger partial charge in [0.2, 0.25) is 26.6 Å². The molecule has 1 N–H and O–H groups in total. The first kappa shape index (κ1) is 19.8. The molecular weight excluding hydrogens is 403 g/mol. The molecule has 1 aromatic heterocycles. The molecule has 4 aromatic rings. The van der Waals surface area contributed by atoms with Crippen LogP contribution < -0.4 is 5.32 Å². The molecule has 0 fully saturated rings. The fourth-order valence-corrected chi connectivity index (χ4v) is 4.32. The molecule has 7 heteroatoms. The van der Waals surface area contributed by atoms with E-state index in [0.29, 0.717) is 12.1 Å². The number of benzene rings is 3. The van der Waals surface area contributed by atoms with Crippen molar-refractivity contribution < 1.29 is 17.2 Å². The normalized spacial score (nSPS) is 11.4. The Morgan fingerprint density at radius 1 is 0.933 bits per heavy atom. The number of hydrogen-bond acceptors (Lipinski definition) is 5. The second kappa shape index (κ2) is 8.12. The highest BCUT2D eigenvalue weighted by Gasteiger charge is 2.30. The zero-order valence-electron chi connectivity index (χ0n) is 16.2. The van der Waals surface area contributed by atoms with Gasteiger partial charge >= 0.3 is 0 Å². The van der Waals surface area contributed by atoms with E-state index in [9.17, 15) is 12.8 Å². The first-order chi connectivity index (χ1) is 14.4. The van der Waals surface area contributed by atoms with Crippen molar-refractivity contribution in [1.29, 1.82) is 0 Å². The average Bonchev–Trinajstić information content (AvgIpc) is 3.19. The molecule has 0 unspecified atom stereocenters. The Labute approximate surface area is 174 Å². The van der Waals surface area contributed by atoms with E-state index in [2.05, 4.69) is 10.3 Å². The SMILES string of the molecule is Cc1ccc(-c2nc(S(=O)(=O)c3ccccc3F)c(NCc3ccccc3)o2)cc1. The van der Waals surface area contributed by atoms with E-state index in [1.54, 1.807) is 12.1 Å². The number of hydrogen-bond donors (Lipinski definition) is 1. The Hall–Kier alpha value is -3.45. The fourth-order valence-electron chi connectivity index (χ4n) is 2.96. The largest absolute Gasteiger partial charge is 0.419 e. The lowest BCUT2D eigenvalue weighted by atomic mass is 10.1. The summed E-state index contributed by atoms with van der Waals surface area (Å²) in [7, 11) is -4.24. The van der Waals surface area contributed by atoms with Crippen molar-refractivity contribution in [3.8, 4) is 11.5 Å². The molecule has 0 aliphatic carbocycles. The topological polar surface area (TPSA) is 72.2 Å². The van der Waals surface area contributed by atoms with Gasteiger partial charge in [0, 0.05) is 12.1 Å². The van der Waals surface area contributed by atoms with E-state index >= 15 is 0 Å². The van der Waals surface area contributed by atoms with Crippen LogP contribution in [0.25, 0.3) is 11.5 Å². The molecule has 0 aliphatic heterocycles. The summed E-state index contributed by atoms with van der Waals surface area (Å²) in [5.41, 5.74) is 2.60. The first-order valence-electron chi connectivity index (χ1n) is 9.30. The van der Waals surface area contributed by atoms with Crippen molar-refractivity contribution >= 4 is 15.7 Å². The van der Waals surface area contributed by atoms with E-state index < -0.39 is 20.5 Å². The summed E-state index contributed by atoms with van der Waals surface area (Å²) in [4.78, 5) is 3.78. The molecule has 1 heterocycles. The molecule has 4 rings (SSSR count). The molecule has 5 nitrogen and oxygen atoms in total. The van der Waals surface area contributed by atoms with Gasteiger partial charge in [-0.05, 0) is 36.8 Å². The number of anilines is 1. The van der Waals surface area contributed by atoms with Gasteiger partial charge in [0.15, 0.2) is 0 Å². The van der Waals surface area contributed by atoms with Gasteiger partial charge in [0.1, 0.15) is 10.7 Å². The fraction of sp³-hybridized carbons (Fsp3) is 0.0870. The van der Waals surface area contributed by atoms with Crippen LogP contribution in [0.1, 0.15) is 11.1 Å². The average molecular weight is 422 g/mol. The molecule has 0 bridgehead atoms. The van der Waals surface area contributed by atoms with E-state index in [0.717, 1.165) is 17.2 Å². The maximum absolute atomic E-state index is 14.3. The molecule has 30 heavy (non-hydrogen) atoms. The molecule has 0 saturated heterocycles. The third-order valence-corrected chi connectivity index (χ3v) is 6.27. The number of halogens is 1. The minimum absolute atomic E-state index is 0.0299. The molecule has 0 amide bonds. The highest BCUT2D eigenvalue weighted by Crippen LogP contribution is 2.33. The minimum atomic E-state index is -4.24. The van der Waals surface area contributed by atoms with Crippen LogP contribution in [0.5, 0.6) is 0 Å². The van der Waals surface area contributed by atoms with E-state index in [1.807, 2.05) is 49.4 Å². The lowest BCUT2D eigenvalue weighted by molar-refractivity contribution is 0.562. The van der Waals surface area contributed by atoms with Gasteiger partial charge in [0.05, 0.1) is 0 Å². The standard InChI is InChI=1S/C23H19FN2O3S/c1-16-11-13-18(14-12-16)21-26-23(30(27,28)20-10-6-5-9-19(20)24)22(29-21)25-15-17-7-3-2-4-8-17/h2-14,25H,15H2,1H3. The van der Waals surface area contributed by atoms with Gasteiger partial charge < -0.3 is 9.73 Å². The minimum Gasteiger partial charge on any atom is -0.419 e. The van der Waals surface area contributed by atoms with Crippen LogP contribution in [-0.4, -0.2) is 13.4 Å². The predicted molar refractivity (Wildman–Crippen MR) is 112 cm³/mol. The lowest BCUT2D eigenvalue weighted by Crippen LogP contribution is -2.09. The van der Waals surface area contributed by atoms with Gasteiger partial charge in [-0.3, -0.25) is 0 Å². The summed E-state index contributed by atoms with van der Waals surface area (Å²) in [6, 6.07) is 22.0. The van der Waals surface area contributed by atoms with Gasteiger partial charge in [-0.15, -0.1) is 0 Å². The number of nitrogens with zero attached hydrogens (tertiary/aromatic N) is 1. The summed E-state index contributed by atoms with van der Waals surface area (Å²) in [6.07, 6.45) is 0. The summed E-state index contributed by atoms with van der Waals surface area (Å²) < 4.78 is 46.4. The number of nitrogens with one attached hydrogen (secondary N) is 1. The lowest BCUT2D eigenvalue weighted by Gasteiger charge is -2.07. The van der Waals surface area contributed by atoms with Crippen LogP contribution in [0.15, 0.2) is 93.2 Å². The second-order valence-corrected chi connectivity index (χ2v) is 8.63. The predicted octanol–water partition coefficient (Wildman–Crippen LogP) is 5.23. The number of sulfone groups is 1. The molecule has 0 saturated carbocycles. The quantitative estimate of drug-likeness (QED) is 0.460. The summed E-state index contributed by atoms with van der Waals surface area (Å²) in [5.74, 6) is -0.732. The van der Waals surface area contributed by atoms with Crippen molar-refractivity contribution in [3.05, 3.63) is 95.8 Å². The Balaban J connectivity index is 1.79. The van der Waals surface area contributed by atoms with Crippen LogP contribution in [0, 0.1) is 12.7 Å².